The molecular formula is C11H20N2O3. The molecule has 1 aliphatic rings. The van der Waals surface area contributed by atoms with E-state index in [0.29, 0.717) is 12.3 Å². The van der Waals surface area contributed by atoms with Crippen LogP contribution in [0.25, 0.3) is 0 Å². The molecule has 1 rings (SSSR count). The lowest BCUT2D eigenvalue weighted by atomic mass is 10.0. The van der Waals surface area contributed by atoms with Crippen molar-refractivity contribution in [2.45, 2.75) is 45.2 Å². The van der Waals surface area contributed by atoms with E-state index in [-0.39, 0.29) is 18.5 Å². The molecule has 1 atom stereocenters. The Hall–Kier alpha value is -1.10. The van der Waals surface area contributed by atoms with E-state index in [2.05, 4.69) is 0 Å². The van der Waals surface area contributed by atoms with Gasteiger partial charge in [0.15, 0.2) is 0 Å². The van der Waals surface area contributed by atoms with Gasteiger partial charge in [0.25, 0.3) is 0 Å². The molecule has 0 bridgehead atoms. The van der Waals surface area contributed by atoms with E-state index in [9.17, 15) is 9.59 Å². The molecule has 1 saturated carbocycles. The third kappa shape index (κ3) is 3.81. The van der Waals surface area contributed by atoms with Crippen molar-refractivity contribution in [3.05, 3.63) is 0 Å². The maximum absolute atomic E-state index is 11.9. The highest BCUT2D eigenvalue weighted by Crippen LogP contribution is 2.27. The average molecular weight is 228 g/mol. The van der Waals surface area contributed by atoms with E-state index in [4.69, 9.17) is 10.8 Å². The first kappa shape index (κ1) is 13.0. The molecule has 3 N–H and O–H groups in total. The van der Waals surface area contributed by atoms with Gasteiger partial charge < -0.3 is 15.7 Å². The van der Waals surface area contributed by atoms with Gasteiger partial charge >= 0.3 is 5.97 Å². The summed E-state index contributed by atoms with van der Waals surface area (Å²) in [6, 6.07) is -0.471. The Labute approximate surface area is 95.6 Å². The zero-order chi connectivity index (χ0) is 12.3. The quantitative estimate of drug-likeness (QED) is 0.690. The zero-order valence-corrected chi connectivity index (χ0v) is 9.85. The van der Waals surface area contributed by atoms with Gasteiger partial charge in [-0.1, -0.05) is 13.8 Å². The van der Waals surface area contributed by atoms with Crippen molar-refractivity contribution in [3.8, 4) is 0 Å². The summed E-state index contributed by atoms with van der Waals surface area (Å²) in [5.74, 6) is -0.861. The average Bonchev–Trinajstić information content (AvgIpc) is 2.94. The first-order valence-corrected chi connectivity index (χ1v) is 5.69. The maximum Gasteiger partial charge on any atom is 0.323 e. The molecule has 0 aliphatic heterocycles. The van der Waals surface area contributed by atoms with Gasteiger partial charge in [-0.15, -0.1) is 0 Å². The number of amides is 1. The van der Waals surface area contributed by atoms with Crippen LogP contribution in [0.4, 0.5) is 0 Å². The summed E-state index contributed by atoms with van der Waals surface area (Å²) < 4.78 is 0. The molecule has 0 heterocycles. The van der Waals surface area contributed by atoms with Gasteiger partial charge in [0.2, 0.25) is 5.91 Å². The van der Waals surface area contributed by atoms with Gasteiger partial charge in [-0.05, 0) is 25.2 Å². The summed E-state index contributed by atoms with van der Waals surface area (Å²) in [6.07, 6.45) is 2.39. The number of carbonyl (C=O) groups excluding carboxylic acids is 1. The Morgan fingerprint density at radius 3 is 2.38 bits per heavy atom. The van der Waals surface area contributed by atoms with Crippen molar-refractivity contribution < 1.29 is 14.7 Å². The van der Waals surface area contributed by atoms with Crippen molar-refractivity contribution in [2.24, 2.45) is 11.7 Å². The van der Waals surface area contributed by atoms with Crippen LogP contribution in [0, 0.1) is 5.92 Å². The Morgan fingerprint density at radius 1 is 1.44 bits per heavy atom. The topological polar surface area (TPSA) is 83.6 Å². The van der Waals surface area contributed by atoms with Crippen LogP contribution in [0.15, 0.2) is 0 Å². The molecule has 0 radical (unpaired) electrons. The highest BCUT2D eigenvalue weighted by molar-refractivity contribution is 5.85. The fourth-order valence-electron chi connectivity index (χ4n) is 1.74. The molecular weight excluding hydrogens is 208 g/mol. The third-order valence-electron chi connectivity index (χ3n) is 2.62. The van der Waals surface area contributed by atoms with Gasteiger partial charge in [0.05, 0.1) is 6.04 Å². The molecule has 16 heavy (non-hydrogen) atoms. The molecule has 0 spiro atoms. The minimum absolute atomic E-state index is 0.0989. The van der Waals surface area contributed by atoms with E-state index >= 15 is 0 Å². The number of carboxylic acid groups (broad SMARTS) is 1. The van der Waals surface area contributed by atoms with E-state index in [0.717, 1.165) is 12.8 Å². The Morgan fingerprint density at radius 2 is 2.00 bits per heavy atom. The van der Waals surface area contributed by atoms with Gasteiger partial charge in [-0.2, -0.15) is 0 Å². The summed E-state index contributed by atoms with van der Waals surface area (Å²) in [5, 5.41) is 8.74. The number of hydrogen-bond acceptors (Lipinski definition) is 3. The van der Waals surface area contributed by atoms with Crippen molar-refractivity contribution in [2.75, 3.05) is 6.54 Å². The molecule has 1 aliphatic carbocycles. The van der Waals surface area contributed by atoms with Crippen LogP contribution in [-0.4, -0.2) is 40.5 Å². The minimum Gasteiger partial charge on any atom is -0.480 e. The second-order valence-electron chi connectivity index (χ2n) is 4.83. The second-order valence-corrected chi connectivity index (χ2v) is 4.83. The van der Waals surface area contributed by atoms with Crippen molar-refractivity contribution in [3.63, 3.8) is 0 Å². The van der Waals surface area contributed by atoms with Crippen LogP contribution in [0.2, 0.25) is 0 Å². The molecule has 0 aromatic rings. The molecule has 1 amide bonds. The lowest BCUT2D eigenvalue weighted by Gasteiger charge is -2.24. The lowest BCUT2D eigenvalue weighted by Crippen LogP contribution is -2.47. The monoisotopic (exact) mass is 228 g/mol. The van der Waals surface area contributed by atoms with Crippen molar-refractivity contribution in [1.29, 1.82) is 0 Å². The highest BCUT2D eigenvalue weighted by atomic mass is 16.4. The van der Waals surface area contributed by atoms with E-state index in [1.54, 1.807) is 0 Å². The second kappa shape index (κ2) is 5.30. The molecule has 5 heteroatoms. The standard InChI is InChI=1S/C11H20N2O3/c1-7(2)5-9(12)11(16)13(6-10(14)15)8-3-4-8/h7-9H,3-6,12H2,1-2H3,(H,14,15)/t9-/m1/s1. The zero-order valence-electron chi connectivity index (χ0n) is 9.85. The van der Waals surface area contributed by atoms with Crippen molar-refractivity contribution in [1.82, 2.24) is 4.90 Å². The number of carboxylic acids is 1. The van der Waals surface area contributed by atoms with Crippen LogP contribution in [-0.2, 0) is 9.59 Å². The molecule has 92 valence electrons. The Bertz CT molecular complexity index is 274. The van der Waals surface area contributed by atoms with Crippen LogP contribution in [0.5, 0.6) is 0 Å². The van der Waals surface area contributed by atoms with Gasteiger partial charge in [0, 0.05) is 6.04 Å². The molecule has 1 fully saturated rings. The van der Waals surface area contributed by atoms with E-state index in [1.807, 2.05) is 13.8 Å². The molecule has 0 unspecified atom stereocenters. The number of hydrogen-bond donors (Lipinski definition) is 2. The molecule has 0 aromatic carbocycles. The number of carbonyl (C=O) groups is 2. The predicted molar refractivity (Wildman–Crippen MR) is 59.8 cm³/mol. The van der Waals surface area contributed by atoms with Gasteiger partial charge in [-0.25, -0.2) is 0 Å². The summed E-state index contributed by atoms with van der Waals surface area (Å²) in [7, 11) is 0. The van der Waals surface area contributed by atoms with E-state index < -0.39 is 12.0 Å². The van der Waals surface area contributed by atoms with Crippen LogP contribution in [0.1, 0.15) is 33.1 Å². The smallest absolute Gasteiger partial charge is 0.323 e. The van der Waals surface area contributed by atoms with Gasteiger partial charge in [0.1, 0.15) is 6.54 Å². The molecule has 0 saturated heterocycles. The largest absolute Gasteiger partial charge is 0.480 e. The normalized spacial score (nSPS) is 17.2. The minimum atomic E-state index is -0.975. The summed E-state index contributed by atoms with van der Waals surface area (Å²) in [5.41, 5.74) is 5.78. The molecule has 0 aromatic heterocycles. The number of nitrogens with two attached hydrogens (primary N) is 1. The molecule has 5 nitrogen and oxygen atoms in total. The first-order valence-electron chi connectivity index (χ1n) is 5.69. The fraction of sp³-hybridized carbons (Fsp3) is 0.818. The predicted octanol–water partition coefficient (Wildman–Crippen LogP) is 0.435. The first-order chi connectivity index (χ1) is 7.41. The summed E-state index contributed by atoms with van der Waals surface area (Å²) in [4.78, 5) is 24.0. The Balaban J connectivity index is 2.56. The van der Waals surface area contributed by atoms with E-state index in [1.165, 1.54) is 4.90 Å². The number of aliphatic carboxylic acids is 1. The number of rotatable bonds is 6. The van der Waals surface area contributed by atoms with Gasteiger partial charge in [-0.3, -0.25) is 9.59 Å². The third-order valence-corrected chi connectivity index (χ3v) is 2.62. The maximum atomic E-state index is 11.9. The fourth-order valence-corrected chi connectivity index (χ4v) is 1.74. The number of nitrogens with zero attached hydrogens (tertiary/aromatic N) is 1. The SMILES string of the molecule is CC(C)C[C@@H](N)C(=O)N(CC(=O)O)C1CC1. The highest BCUT2D eigenvalue weighted by Gasteiger charge is 2.35. The van der Waals surface area contributed by atoms with Crippen LogP contribution in [0.3, 0.4) is 0 Å². The van der Waals surface area contributed by atoms with Crippen molar-refractivity contribution >= 4 is 11.9 Å². The summed E-state index contributed by atoms with van der Waals surface area (Å²) in [6.45, 7) is 3.76. The van der Waals surface area contributed by atoms with Crippen LogP contribution < -0.4 is 5.73 Å². The lowest BCUT2D eigenvalue weighted by molar-refractivity contribution is -0.145. The Kier molecular flexibility index (Phi) is 4.29. The van der Waals surface area contributed by atoms with Crippen LogP contribution >= 0.6 is 0 Å². The summed E-state index contributed by atoms with van der Waals surface area (Å²) >= 11 is 0.